The number of carbonyl (C=O) groups excluding carboxylic acids is 1. The molecule has 2 rings (SSSR count). The number of hydrogen-bond acceptors (Lipinski definition) is 5. The van der Waals surface area contributed by atoms with Gasteiger partial charge in [0.15, 0.2) is 0 Å². The van der Waals surface area contributed by atoms with E-state index in [-0.39, 0.29) is 5.71 Å². The predicted octanol–water partition coefficient (Wildman–Crippen LogP) is 1.81. The second-order valence-corrected chi connectivity index (χ2v) is 4.88. The minimum absolute atomic E-state index is 0.251. The number of urea groups is 1. The molecule has 0 aromatic heterocycles. The SMILES string of the molecule is COc1ccc(/C(=N/NC(N)=O)[C@@H](O)c2ccc(OC)cc2)cc1. The summed E-state index contributed by atoms with van der Waals surface area (Å²) < 4.78 is 10.2. The second kappa shape index (κ2) is 7.98. The fraction of sp³-hybridized carbons (Fsp3) is 0.176. The molecule has 7 nitrogen and oxygen atoms in total. The quantitative estimate of drug-likeness (QED) is 0.555. The van der Waals surface area contributed by atoms with E-state index < -0.39 is 12.1 Å². The molecule has 1 atom stereocenters. The number of ether oxygens (including phenoxy) is 2. The van der Waals surface area contributed by atoms with Crippen LogP contribution in [0.15, 0.2) is 53.6 Å². The van der Waals surface area contributed by atoms with Gasteiger partial charge in [-0.25, -0.2) is 10.2 Å². The van der Waals surface area contributed by atoms with E-state index >= 15 is 0 Å². The smallest absolute Gasteiger partial charge is 0.332 e. The summed E-state index contributed by atoms with van der Waals surface area (Å²) in [6, 6.07) is 13.0. The molecule has 4 N–H and O–H groups in total. The van der Waals surface area contributed by atoms with Crippen LogP contribution in [0.25, 0.3) is 0 Å². The van der Waals surface area contributed by atoms with Crippen molar-refractivity contribution in [1.82, 2.24) is 5.43 Å². The standard InChI is InChI=1S/C17H19N3O4/c1-23-13-7-3-11(4-8-13)15(19-20-17(18)22)16(21)12-5-9-14(24-2)10-6-12/h3-10,16,21H,1-2H3,(H3,18,20,22)/b19-15-/t16-/m0/s1. The van der Waals surface area contributed by atoms with Gasteiger partial charge in [-0.2, -0.15) is 5.10 Å². The number of nitrogens with two attached hydrogens (primary N) is 1. The van der Waals surface area contributed by atoms with Crippen LogP contribution in [0.5, 0.6) is 11.5 Å². The van der Waals surface area contributed by atoms with Gasteiger partial charge in [-0.3, -0.25) is 0 Å². The molecule has 0 aliphatic carbocycles. The fourth-order valence-electron chi connectivity index (χ4n) is 2.10. The summed E-state index contributed by atoms with van der Waals surface area (Å²) in [5, 5.41) is 14.6. The maximum atomic E-state index is 11.0. The molecule has 0 radical (unpaired) electrons. The Morgan fingerprint density at radius 3 is 2.00 bits per heavy atom. The van der Waals surface area contributed by atoms with Crippen LogP contribution in [-0.2, 0) is 0 Å². The van der Waals surface area contributed by atoms with E-state index in [0.717, 1.165) is 0 Å². The van der Waals surface area contributed by atoms with Crippen molar-refractivity contribution in [3.63, 3.8) is 0 Å². The molecule has 0 saturated heterocycles. The zero-order valence-corrected chi connectivity index (χ0v) is 13.4. The molecule has 2 aromatic carbocycles. The molecule has 0 unspecified atom stereocenters. The number of benzene rings is 2. The Morgan fingerprint density at radius 2 is 1.54 bits per heavy atom. The summed E-state index contributed by atoms with van der Waals surface area (Å²) in [6.07, 6.45) is -1.06. The molecule has 2 aromatic rings. The number of methoxy groups -OCH3 is 2. The lowest BCUT2D eigenvalue weighted by molar-refractivity contribution is 0.244. The Hall–Kier alpha value is -3.06. The molecule has 0 heterocycles. The van der Waals surface area contributed by atoms with E-state index in [1.54, 1.807) is 62.8 Å². The zero-order chi connectivity index (χ0) is 17.5. The number of hydrazone groups is 1. The first-order chi connectivity index (χ1) is 11.5. The van der Waals surface area contributed by atoms with Gasteiger partial charge in [-0.05, 0) is 42.0 Å². The average Bonchev–Trinajstić information content (AvgIpc) is 2.62. The third kappa shape index (κ3) is 4.23. The maximum Gasteiger partial charge on any atom is 0.332 e. The molecule has 0 saturated carbocycles. The number of nitrogens with one attached hydrogen (secondary N) is 1. The van der Waals surface area contributed by atoms with Gasteiger partial charge in [-0.15, -0.1) is 0 Å². The normalized spacial score (nSPS) is 12.4. The monoisotopic (exact) mass is 329 g/mol. The van der Waals surface area contributed by atoms with Crippen LogP contribution in [0, 0.1) is 0 Å². The predicted molar refractivity (Wildman–Crippen MR) is 90.2 cm³/mol. The van der Waals surface area contributed by atoms with Gasteiger partial charge < -0.3 is 20.3 Å². The van der Waals surface area contributed by atoms with Crippen molar-refractivity contribution in [2.75, 3.05) is 14.2 Å². The first-order valence-electron chi connectivity index (χ1n) is 7.14. The van der Waals surface area contributed by atoms with Crippen molar-refractivity contribution in [2.45, 2.75) is 6.10 Å². The number of carbonyl (C=O) groups is 1. The lowest BCUT2D eigenvalue weighted by Crippen LogP contribution is -2.27. The first-order valence-corrected chi connectivity index (χ1v) is 7.14. The van der Waals surface area contributed by atoms with Gasteiger partial charge in [0.25, 0.3) is 0 Å². The summed E-state index contributed by atoms with van der Waals surface area (Å²) in [7, 11) is 3.12. The van der Waals surface area contributed by atoms with Gasteiger partial charge in [0, 0.05) is 5.56 Å². The average molecular weight is 329 g/mol. The number of aliphatic hydroxyl groups excluding tert-OH is 1. The highest BCUT2D eigenvalue weighted by atomic mass is 16.5. The van der Waals surface area contributed by atoms with Crippen molar-refractivity contribution in [1.29, 1.82) is 0 Å². The molecule has 0 fully saturated rings. The van der Waals surface area contributed by atoms with Crippen molar-refractivity contribution in [3.05, 3.63) is 59.7 Å². The minimum atomic E-state index is -1.06. The largest absolute Gasteiger partial charge is 0.497 e. The number of primary amides is 1. The van der Waals surface area contributed by atoms with Crippen LogP contribution in [0.2, 0.25) is 0 Å². The van der Waals surface area contributed by atoms with E-state index in [4.69, 9.17) is 15.2 Å². The molecular weight excluding hydrogens is 310 g/mol. The summed E-state index contributed by atoms with van der Waals surface area (Å²) in [5.41, 5.74) is 8.69. The number of nitrogens with zero attached hydrogens (tertiary/aromatic N) is 1. The summed E-state index contributed by atoms with van der Waals surface area (Å²) >= 11 is 0. The highest BCUT2D eigenvalue weighted by Gasteiger charge is 2.18. The molecule has 0 bridgehead atoms. The Bertz CT molecular complexity index is 712. The van der Waals surface area contributed by atoms with Crippen LogP contribution in [0.4, 0.5) is 4.79 Å². The van der Waals surface area contributed by atoms with E-state index in [9.17, 15) is 9.90 Å². The van der Waals surface area contributed by atoms with Crippen LogP contribution < -0.4 is 20.6 Å². The van der Waals surface area contributed by atoms with E-state index in [1.807, 2.05) is 0 Å². The van der Waals surface area contributed by atoms with E-state index in [2.05, 4.69) is 10.5 Å². The number of hydrogen-bond donors (Lipinski definition) is 3. The van der Waals surface area contributed by atoms with Gasteiger partial charge in [-0.1, -0.05) is 12.1 Å². The third-order valence-corrected chi connectivity index (χ3v) is 3.36. The maximum absolute atomic E-state index is 11.0. The van der Waals surface area contributed by atoms with Crippen LogP contribution in [0.3, 0.4) is 0 Å². The Kier molecular flexibility index (Phi) is 5.75. The molecule has 126 valence electrons. The van der Waals surface area contributed by atoms with Crippen LogP contribution >= 0.6 is 0 Å². The lowest BCUT2D eigenvalue weighted by Gasteiger charge is -2.15. The summed E-state index contributed by atoms with van der Waals surface area (Å²) in [6.45, 7) is 0. The molecule has 0 aliphatic rings. The van der Waals surface area contributed by atoms with Crippen molar-refractivity contribution < 1.29 is 19.4 Å². The van der Waals surface area contributed by atoms with Crippen molar-refractivity contribution in [2.24, 2.45) is 10.8 Å². The molecule has 0 spiro atoms. The van der Waals surface area contributed by atoms with Gasteiger partial charge in [0.05, 0.1) is 14.2 Å². The highest BCUT2D eigenvalue weighted by Crippen LogP contribution is 2.23. The van der Waals surface area contributed by atoms with Crippen LogP contribution in [0.1, 0.15) is 17.2 Å². The minimum Gasteiger partial charge on any atom is -0.497 e. The van der Waals surface area contributed by atoms with Gasteiger partial charge in [0.2, 0.25) is 0 Å². The number of amides is 2. The van der Waals surface area contributed by atoms with E-state index in [0.29, 0.717) is 22.6 Å². The van der Waals surface area contributed by atoms with Crippen LogP contribution in [-0.4, -0.2) is 31.1 Å². The molecule has 0 aliphatic heterocycles. The summed E-state index contributed by atoms with van der Waals surface area (Å²) in [4.78, 5) is 11.0. The molecule has 7 heteroatoms. The first kappa shape index (κ1) is 17.3. The molecule has 2 amide bonds. The second-order valence-electron chi connectivity index (χ2n) is 4.88. The lowest BCUT2D eigenvalue weighted by atomic mass is 9.99. The topological polar surface area (TPSA) is 106 Å². The highest BCUT2D eigenvalue weighted by molar-refractivity contribution is 6.04. The zero-order valence-electron chi connectivity index (χ0n) is 13.4. The Morgan fingerprint density at radius 1 is 1.04 bits per heavy atom. The number of rotatable bonds is 6. The molecular formula is C17H19N3O4. The third-order valence-electron chi connectivity index (χ3n) is 3.36. The van der Waals surface area contributed by atoms with E-state index in [1.165, 1.54) is 0 Å². The van der Waals surface area contributed by atoms with Crippen molar-refractivity contribution >= 4 is 11.7 Å². The Labute approximate surface area is 139 Å². The van der Waals surface area contributed by atoms with Gasteiger partial charge in [0.1, 0.15) is 23.3 Å². The summed E-state index contributed by atoms with van der Waals surface area (Å²) in [5.74, 6) is 1.34. The Balaban J connectivity index is 2.36. The van der Waals surface area contributed by atoms with Crippen molar-refractivity contribution in [3.8, 4) is 11.5 Å². The van der Waals surface area contributed by atoms with Gasteiger partial charge >= 0.3 is 6.03 Å². The molecule has 24 heavy (non-hydrogen) atoms. The fourth-order valence-corrected chi connectivity index (χ4v) is 2.10. The number of aliphatic hydroxyl groups is 1.